The summed E-state index contributed by atoms with van der Waals surface area (Å²) in [5, 5.41) is 6.07. The fourth-order valence-corrected chi connectivity index (χ4v) is 1.47. The summed E-state index contributed by atoms with van der Waals surface area (Å²) in [6, 6.07) is 5.80. The van der Waals surface area contributed by atoms with Crippen LogP contribution in [0.1, 0.15) is 18.4 Å². The van der Waals surface area contributed by atoms with E-state index >= 15 is 0 Å². The zero-order valence-electron chi connectivity index (χ0n) is 8.00. The van der Waals surface area contributed by atoms with Crippen LogP contribution in [0.2, 0.25) is 0 Å². The second-order valence-electron chi connectivity index (χ2n) is 3.41. The van der Waals surface area contributed by atoms with E-state index in [1.165, 1.54) is 0 Å². The number of allylic oxidation sites excluding steroid dienone is 1. The van der Waals surface area contributed by atoms with Crippen molar-refractivity contribution >= 4 is 10.9 Å². The molecule has 0 aliphatic carbocycles. The number of H-pyrrole nitrogens is 2. The first-order chi connectivity index (χ1) is 6.72. The molecule has 0 amide bonds. The van der Waals surface area contributed by atoms with E-state index in [1.54, 1.807) is 0 Å². The lowest BCUT2D eigenvalue weighted by Gasteiger charge is -2.04. The SMILES string of the molecule is C=CC(C)c1ccc2[nH][nH]c(=O)c2c1. The fourth-order valence-electron chi connectivity index (χ4n) is 1.47. The second kappa shape index (κ2) is 3.18. The topological polar surface area (TPSA) is 48.6 Å². The first-order valence-electron chi connectivity index (χ1n) is 4.55. The Hall–Kier alpha value is -1.77. The average molecular weight is 188 g/mol. The smallest absolute Gasteiger partial charge is 0.271 e. The van der Waals surface area contributed by atoms with E-state index in [-0.39, 0.29) is 11.5 Å². The number of hydrogen-bond donors (Lipinski definition) is 2. The van der Waals surface area contributed by atoms with Crippen molar-refractivity contribution in [1.29, 1.82) is 0 Å². The van der Waals surface area contributed by atoms with Gasteiger partial charge in [0.2, 0.25) is 0 Å². The Morgan fingerprint density at radius 3 is 2.93 bits per heavy atom. The molecule has 0 spiro atoms. The van der Waals surface area contributed by atoms with Crippen LogP contribution in [0.15, 0.2) is 35.6 Å². The molecule has 1 aromatic carbocycles. The molecule has 2 rings (SSSR count). The van der Waals surface area contributed by atoms with E-state index in [0.29, 0.717) is 5.39 Å². The fraction of sp³-hybridized carbons (Fsp3) is 0.182. The number of rotatable bonds is 2. The van der Waals surface area contributed by atoms with Gasteiger partial charge in [-0.15, -0.1) is 6.58 Å². The largest absolute Gasteiger partial charge is 0.298 e. The minimum atomic E-state index is -0.0712. The molecule has 0 aliphatic rings. The molecule has 0 bridgehead atoms. The van der Waals surface area contributed by atoms with Crippen LogP contribution < -0.4 is 5.56 Å². The van der Waals surface area contributed by atoms with Gasteiger partial charge in [-0.2, -0.15) is 0 Å². The van der Waals surface area contributed by atoms with Crippen LogP contribution in [0.25, 0.3) is 10.9 Å². The zero-order chi connectivity index (χ0) is 10.1. The van der Waals surface area contributed by atoms with E-state index in [9.17, 15) is 4.79 Å². The molecule has 0 saturated carbocycles. The Bertz CT molecular complexity index is 521. The highest BCUT2D eigenvalue weighted by molar-refractivity contribution is 5.78. The molecule has 0 fully saturated rings. The molecule has 3 heteroatoms. The first-order valence-corrected chi connectivity index (χ1v) is 4.55. The molecule has 1 heterocycles. The van der Waals surface area contributed by atoms with Gasteiger partial charge < -0.3 is 0 Å². The van der Waals surface area contributed by atoms with Crippen molar-refractivity contribution in [2.24, 2.45) is 0 Å². The molecule has 1 aromatic heterocycles. The van der Waals surface area contributed by atoms with Crippen molar-refractivity contribution in [3.05, 3.63) is 46.8 Å². The predicted octanol–water partition coefficient (Wildman–Crippen LogP) is 2.15. The Labute approximate surface area is 81.4 Å². The van der Waals surface area contributed by atoms with E-state index in [4.69, 9.17) is 0 Å². The Morgan fingerprint density at radius 1 is 1.43 bits per heavy atom. The number of nitrogens with one attached hydrogen (secondary N) is 2. The molecule has 3 nitrogen and oxygen atoms in total. The van der Waals surface area contributed by atoms with Crippen molar-refractivity contribution in [3.63, 3.8) is 0 Å². The Kier molecular flexibility index (Phi) is 2.00. The summed E-state index contributed by atoms with van der Waals surface area (Å²) in [5.41, 5.74) is 1.88. The molecule has 1 atom stereocenters. The number of fused-ring (bicyclic) bond motifs is 1. The highest BCUT2D eigenvalue weighted by Crippen LogP contribution is 2.18. The van der Waals surface area contributed by atoms with Crippen molar-refractivity contribution < 1.29 is 0 Å². The number of aromatic amines is 2. The minimum Gasteiger partial charge on any atom is -0.298 e. The normalized spacial score (nSPS) is 12.9. The molecule has 0 saturated heterocycles. The highest BCUT2D eigenvalue weighted by Gasteiger charge is 2.05. The molecule has 0 aliphatic heterocycles. The van der Waals surface area contributed by atoms with Gasteiger partial charge in [-0.1, -0.05) is 19.1 Å². The second-order valence-corrected chi connectivity index (χ2v) is 3.41. The lowest BCUT2D eigenvalue weighted by molar-refractivity contribution is 0.974. The van der Waals surface area contributed by atoms with Gasteiger partial charge in [-0.3, -0.25) is 15.0 Å². The predicted molar refractivity (Wildman–Crippen MR) is 57.5 cm³/mol. The monoisotopic (exact) mass is 188 g/mol. The van der Waals surface area contributed by atoms with Gasteiger partial charge in [0, 0.05) is 0 Å². The van der Waals surface area contributed by atoms with Crippen molar-refractivity contribution in [2.75, 3.05) is 0 Å². The van der Waals surface area contributed by atoms with Crippen molar-refractivity contribution in [2.45, 2.75) is 12.8 Å². The van der Waals surface area contributed by atoms with E-state index < -0.39 is 0 Å². The summed E-state index contributed by atoms with van der Waals surface area (Å²) in [6.07, 6.45) is 1.86. The minimum absolute atomic E-state index is 0.0712. The molecule has 14 heavy (non-hydrogen) atoms. The van der Waals surface area contributed by atoms with Crippen LogP contribution in [0.3, 0.4) is 0 Å². The molecular weight excluding hydrogens is 176 g/mol. The summed E-state index contributed by atoms with van der Waals surface area (Å²) in [5.74, 6) is 0.272. The Balaban J connectivity index is 2.65. The Morgan fingerprint density at radius 2 is 2.21 bits per heavy atom. The first kappa shape index (κ1) is 8.81. The van der Waals surface area contributed by atoms with Crippen LogP contribution >= 0.6 is 0 Å². The summed E-state index contributed by atoms with van der Waals surface area (Å²) in [6.45, 7) is 5.78. The highest BCUT2D eigenvalue weighted by atomic mass is 16.1. The van der Waals surface area contributed by atoms with Crippen LogP contribution in [0.4, 0.5) is 0 Å². The molecule has 2 N–H and O–H groups in total. The summed E-state index contributed by atoms with van der Waals surface area (Å²) in [4.78, 5) is 11.3. The summed E-state index contributed by atoms with van der Waals surface area (Å²) < 4.78 is 0. The average Bonchev–Trinajstić information content (AvgIpc) is 2.59. The van der Waals surface area contributed by atoms with Gasteiger partial charge in [0.25, 0.3) is 5.56 Å². The van der Waals surface area contributed by atoms with Gasteiger partial charge in [0.05, 0.1) is 10.9 Å². The van der Waals surface area contributed by atoms with E-state index in [0.717, 1.165) is 11.1 Å². The van der Waals surface area contributed by atoms with Crippen molar-refractivity contribution in [3.8, 4) is 0 Å². The zero-order valence-corrected chi connectivity index (χ0v) is 8.00. The maximum atomic E-state index is 11.3. The molecular formula is C11H12N2O. The molecule has 2 aromatic rings. The van der Waals surface area contributed by atoms with Crippen LogP contribution in [-0.4, -0.2) is 10.2 Å². The van der Waals surface area contributed by atoms with Crippen LogP contribution in [0, 0.1) is 0 Å². The maximum Gasteiger partial charge on any atom is 0.271 e. The van der Waals surface area contributed by atoms with Crippen LogP contribution in [0.5, 0.6) is 0 Å². The number of hydrogen-bond acceptors (Lipinski definition) is 1. The number of aromatic nitrogens is 2. The van der Waals surface area contributed by atoms with Crippen molar-refractivity contribution in [1.82, 2.24) is 10.2 Å². The quantitative estimate of drug-likeness (QED) is 0.697. The van der Waals surface area contributed by atoms with E-state index in [2.05, 4.69) is 23.7 Å². The third-order valence-corrected chi connectivity index (χ3v) is 2.48. The van der Waals surface area contributed by atoms with Gasteiger partial charge in [-0.25, -0.2) is 0 Å². The lowest BCUT2D eigenvalue weighted by atomic mass is 10.0. The van der Waals surface area contributed by atoms with E-state index in [1.807, 2.05) is 24.3 Å². The van der Waals surface area contributed by atoms with Gasteiger partial charge in [0.1, 0.15) is 0 Å². The van der Waals surface area contributed by atoms with Gasteiger partial charge in [0.15, 0.2) is 0 Å². The third kappa shape index (κ3) is 1.27. The lowest BCUT2D eigenvalue weighted by Crippen LogP contribution is -1.98. The standard InChI is InChI=1S/C11H12N2O/c1-3-7(2)8-4-5-10-9(6-8)11(14)13-12-10/h3-7H,1H2,2H3,(H2,12,13,14). The summed E-state index contributed by atoms with van der Waals surface area (Å²) >= 11 is 0. The van der Waals surface area contributed by atoms with Gasteiger partial charge in [-0.05, 0) is 23.6 Å². The maximum absolute atomic E-state index is 11.3. The molecule has 72 valence electrons. The van der Waals surface area contributed by atoms with Crippen LogP contribution in [-0.2, 0) is 0 Å². The molecule has 0 radical (unpaired) electrons. The molecule has 1 unspecified atom stereocenters. The summed E-state index contributed by atoms with van der Waals surface area (Å²) in [7, 11) is 0. The van der Waals surface area contributed by atoms with Gasteiger partial charge >= 0.3 is 0 Å². The number of benzene rings is 1. The third-order valence-electron chi connectivity index (χ3n) is 2.48.